The van der Waals surface area contributed by atoms with Gasteiger partial charge in [0.2, 0.25) is 4.77 Å². The molecule has 5 nitrogen and oxygen atoms in total. The molecule has 3 rings (SSSR count). The Labute approximate surface area is 149 Å². The lowest BCUT2D eigenvalue weighted by Crippen LogP contribution is -1.96. The van der Waals surface area contributed by atoms with Crippen molar-refractivity contribution >= 4 is 18.4 Å². The Morgan fingerprint density at radius 1 is 1.20 bits per heavy atom. The average Bonchev–Trinajstić information content (AvgIpc) is 3.00. The monoisotopic (exact) mass is 356 g/mol. The highest BCUT2D eigenvalue weighted by atomic mass is 32.1. The average molecular weight is 356 g/mol. The Bertz CT molecular complexity index is 913. The molecule has 25 heavy (non-hydrogen) atoms. The zero-order valence-electron chi connectivity index (χ0n) is 13.6. The molecule has 0 saturated carbocycles. The van der Waals surface area contributed by atoms with Crippen LogP contribution in [-0.2, 0) is 0 Å². The second-order valence-corrected chi connectivity index (χ2v) is 5.72. The van der Waals surface area contributed by atoms with Gasteiger partial charge in [0.05, 0.1) is 12.8 Å². The summed E-state index contributed by atoms with van der Waals surface area (Å²) in [6.07, 6.45) is 2.65. The van der Waals surface area contributed by atoms with E-state index in [1.165, 1.54) is 16.8 Å². The third kappa shape index (κ3) is 4.19. The van der Waals surface area contributed by atoms with Crippen LogP contribution >= 0.6 is 12.2 Å². The summed E-state index contributed by atoms with van der Waals surface area (Å²) in [6.45, 7) is 2.76. The summed E-state index contributed by atoms with van der Waals surface area (Å²) in [4.78, 5) is 0. The smallest absolute Gasteiger partial charge is 0.216 e. The predicted molar refractivity (Wildman–Crippen MR) is 98.0 cm³/mol. The number of aromatic amines is 1. The maximum absolute atomic E-state index is 13.1. The Hall–Kier alpha value is -2.80. The van der Waals surface area contributed by atoms with Gasteiger partial charge in [-0.1, -0.05) is 6.92 Å². The lowest BCUT2D eigenvalue weighted by molar-refractivity contribution is 0.317. The fourth-order valence-corrected chi connectivity index (χ4v) is 2.36. The summed E-state index contributed by atoms with van der Waals surface area (Å²) in [5.41, 5.74) is 1.62. The minimum absolute atomic E-state index is 0.307. The van der Waals surface area contributed by atoms with Crippen molar-refractivity contribution in [1.29, 1.82) is 0 Å². The first-order valence-corrected chi connectivity index (χ1v) is 8.29. The van der Waals surface area contributed by atoms with Crippen LogP contribution < -0.4 is 4.74 Å². The van der Waals surface area contributed by atoms with Gasteiger partial charge in [0, 0.05) is 5.56 Å². The number of aromatic nitrogens is 3. The normalized spacial score (nSPS) is 11.1. The minimum atomic E-state index is -0.307. The minimum Gasteiger partial charge on any atom is -0.494 e. The quantitative estimate of drug-likeness (QED) is 0.525. The summed E-state index contributed by atoms with van der Waals surface area (Å²) in [5, 5.41) is 11.3. The lowest BCUT2D eigenvalue weighted by Gasteiger charge is -2.04. The first kappa shape index (κ1) is 17.0. The van der Waals surface area contributed by atoms with E-state index in [0.717, 1.165) is 17.7 Å². The van der Waals surface area contributed by atoms with E-state index in [2.05, 4.69) is 22.2 Å². The Balaban J connectivity index is 1.83. The molecule has 0 radical (unpaired) electrons. The molecule has 0 fully saturated rings. The van der Waals surface area contributed by atoms with Crippen molar-refractivity contribution in [2.45, 2.75) is 13.3 Å². The van der Waals surface area contributed by atoms with Gasteiger partial charge in [-0.2, -0.15) is 14.9 Å². The number of halogens is 1. The molecular formula is C18H17FN4OS. The van der Waals surface area contributed by atoms with Gasteiger partial charge in [0.15, 0.2) is 5.82 Å². The van der Waals surface area contributed by atoms with Crippen molar-refractivity contribution in [3.05, 3.63) is 64.7 Å². The first-order valence-electron chi connectivity index (χ1n) is 7.88. The van der Waals surface area contributed by atoms with Crippen LogP contribution in [0, 0.1) is 10.6 Å². The molecule has 0 aliphatic rings. The molecule has 2 aromatic carbocycles. The summed E-state index contributed by atoms with van der Waals surface area (Å²) in [6, 6.07) is 13.6. The Morgan fingerprint density at radius 2 is 1.92 bits per heavy atom. The molecule has 0 aliphatic carbocycles. The summed E-state index contributed by atoms with van der Waals surface area (Å²) < 4.78 is 20.5. The lowest BCUT2D eigenvalue weighted by atomic mass is 10.2. The highest BCUT2D eigenvalue weighted by Gasteiger charge is 2.08. The molecule has 0 atom stereocenters. The van der Waals surface area contributed by atoms with Gasteiger partial charge in [-0.3, -0.25) is 0 Å². The molecule has 0 aliphatic heterocycles. The Kier molecular flexibility index (Phi) is 5.35. The molecule has 1 heterocycles. The number of rotatable bonds is 6. The van der Waals surface area contributed by atoms with E-state index in [0.29, 0.717) is 22.8 Å². The van der Waals surface area contributed by atoms with Crippen molar-refractivity contribution in [2.24, 2.45) is 5.10 Å². The van der Waals surface area contributed by atoms with Gasteiger partial charge in [0.25, 0.3) is 0 Å². The van der Waals surface area contributed by atoms with E-state index in [1.54, 1.807) is 18.3 Å². The summed E-state index contributed by atoms with van der Waals surface area (Å²) >= 11 is 5.22. The second kappa shape index (κ2) is 7.85. The molecule has 0 amide bonds. The third-order valence-electron chi connectivity index (χ3n) is 3.43. The number of nitrogens with one attached hydrogen (secondary N) is 1. The van der Waals surface area contributed by atoms with Crippen molar-refractivity contribution < 1.29 is 9.13 Å². The molecule has 0 bridgehead atoms. The highest BCUT2D eigenvalue weighted by molar-refractivity contribution is 7.71. The summed E-state index contributed by atoms with van der Waals surface area (Å²) in [7, 11) is 0. The molecule has 0 saturated heterocycles. The van der Waals surface area contributed by atoms with E-state index >= 15 is 0 Å². The van der Waals surface area contributed by atoms with Crippen molar-refractivity contribution in [3.8, 4) is 17.1 Å². The topological polar surface area (TPSA) is 55.2 Å². The number of benzene rings is 2. The van der Waals surface area contributed by atoms with Crippen molar-refractivity contribution in [2.75, 3.05) is 6.61 Å². The van der Waals surface area contributed by atoms with Crippen LogP contribution in [0.1, 0.15) is 18.9 Å². The first-order chi connectivity index (χ1) is 12.2. The molecule has 3 aromatic rings. The number of H-pyrrole nitrogens is 1. The highest BCUT2D eigenvalue weighted by Crippen LogP contribution is 2.18. The van der Waals surface area contributed by atoms with Crippen LogP contribution in [0.5, 0.6) is 5.75 Å². The number of ether oxygens (including phenoxy) is 1. The number of nitrogens with zero attached hydrogens (tertiary/aromatic N) is 3. The van der Waals surface area contributed by atoms with Crippen molar-refractivity contribution in [1.82, 2.24) is 14.9 Å². The van der Waals surface area contributed by atoms with Crippen molar-refractivity contribution in [3.63, 3.8) is 0 Å². The summed E-state index contributed by atoms with van der Waals surface area (Å²) in [5.74, 6) is 1.04. The molecule has 7 heteroatoms. The Morgan fingerprint density at radius 3 is 2.60 bits per heavy atom. The SMILES string of the molecule is CCCOc1ccc(/C=N/n2c(-c3ccc(F)cc3)n[nH]c2=S)cc1. The fraction of sp³-hybridized carbons (Fsp3) is 0.167. The second-order valence-electron chi connectivity index (χ2n) is 5.33. The van der Waals surface area contributed by atoms with Crippen LogP contribution in [-0.4, -0.2) is 27.7 Å². The number of hydrogen-bond acceptors (Lipinski definition) is 4. The van der Waals surface area contributed by atoms with Gasteiger partial charge in [0.1, 0.15) is 11.6 Å². The molecule has 1 N–H and O–H groups in total. The zero-order chi connectivity index (χ0) is 17.6. The van der Waals surface area contributed by atoms with Gasteiger partial charge in [-0.05, 0) is 72.7 Å². The van der Waals surface area contributed by atoms with E-state index in [9.17, 15) is 4.39 Å². The van der Waals surface area contributed by atoms with E-state index in [1.807, 2.05) is 24.3 Å². The van der Waals surface area contributed by atoms with Crippen LogP contribution in [0.3, 0.4) is 0 Å². The van der Waals surface area contributed by atoms with Gasteiger partial charge >= 0.3 is 0 Å². The predicted octanol–water partition coefficient (Wildman–Crippen LogP) is 4.42. The van der Waals surface area contributed by atoms with E-state index in [4.69, 9.17) is 17.0 Å². The molecular weight excluding hydrogens is 339 g/mol. The zero-order valence-corrected chi connectivity index (χ0v) is 14.5. The van der Waals surface area contributed by atoms with Crippen LogP contribution in [0.25, 0.3) is 11.4 Å². The van der Waals surface area contributed by atoms with Gasteiger partial charge in [-0.15, -0.1) is 0 Å². The standard InChI is InChI=1S/C18H17FN4OS/c1-2-11-24-16-9-3-13(4-10-16)12-20-23-17(21-22-18(23)25)14-5-7-15(19)8-6-14/h3-10,12H,2,11H2,1H3,(H,22,25)/b20-12+. The number of hydrogen-bond donors (Lipinski definition) is 1. The maximum atomic E-state index is 13.1. The largest absolute Gasteiger partial charge is 0.494 e. The van der Waals surface area contributed by atoms with Crippen LogP contribution in [0.15, 0.2) is 53.6 Å². The van der Waals surface area contributed by atoms with Crippen LogP contribution in [0.2, 0.25) is 0 Å². The molecule has 0 unspecified atom stereocenters. The van der Waals surface area contributed by atoms with Gasteiger partial charge < -0.3 is 4.74 Å². The van der Waals surface area contributed by atoms with E-state index < -0.39 is 0 Å². The maximum Gasteiger partial charge on any atom is 0.216 e. The van der Waals surface area contributed by atoms with E-state index in [-0.39, 0.29) is 5.82 Å². The van der Waals surface area contributed by atoms with Crippen LogP contribution in [0.4, 0.5) is 4.39 Å². The molecule has 0 spiro atoms. The van der Waals surface area contributed by atoms with Gasteiger partial charge in [-0.25, -0.2) is 9.49 Å². The molecule has 1 aromatic heterocycles. The fourth-order valence-electron chi connectivity index (χ4n) is 2.18. The molecule has 128 valence electrons. The third-order valence-corrected chi connectivity index (χ3v) is 3.69.